The molecular formula is C21H24O12. The minimum atomic E-state index is -0.803. The van der Waals surface area contributed by atoms with E-state index in [1.807, 2.05) is 0 Å². The predicted molar refractivity (Wildman–Crippen MR) is 104 cm³/mol. The lowest BCUT2D eigenvalue weighted by atomic mass is 10.1. The van der Waals surface area contributed by atoms with Gasteiger partial charge in [-0.05, 0) is 13.0 Å². The summed E-state index contributed by atoms with van der Waals surface area (Å²) in [5, 5.41) is 9.71. The molecule has 4 fully saturated rings. The van der Waals surface area contributed by atoms with Gasteiger partial charge in [-0.3, -0.25) is 4.79 Å². The first-order valence-electron chi connectivity index (χ1n) is 10.4. The maximum absolute atomic E-state index is 12.1. The minimum absolute atomic E-state index is 0.0266. The van der Waals surface area contributed by atoms with Gasteiger partial charge in [-0.25, -0.2) is 14.4 Å². The predicted octanol–water partition coefficient (Wildman–Crippen LogP) is -1.62. The van der Waals surface area contributed by atoms with E-state index in [1.165, 1.54) is 6.92 Å². The van der Waals surface area contributed by atoms with Gasteiger partial charge < -0.3 is 38.3 Å². The first-order valence-corrected chi connectivity index (χ1v) is 10.4. The number of rotatable bonds is 7. The van der Waals surface area contributed by atoms with Crippen LogP contribution in [0, 0.1) is 0 Å². The molecule has 0 bridgehead atoms. The summed E-state index contributed by atoms with van der Waals surface area (Å²) in [5.41, 5.74) is 0. The Bertz CT molecular complexity index is 850. The number of carbonyl (C=O) groups excluding carboxylic acids is 4. The zero-order valence-corrected chi connectivity index (χ0v) is 17.7. The second kappa shape index (κ2) is 10.1. The number of hydrogen-bond acceptors (Lipinski definition) is 12. The summed E-state index contributed by atoms with van der Waals surface area (Å²) < 4.78 is 37.6. The number of ketones is 1. The average Bonchev–Trinajstić information content (AvgIpc) is 3.52. The van der Waals surface area contributed by atoms with Crippen LogP contribution in [0.25, 0.3) is 0 Å². The number of allylic oxidation sites excluding steroid dienone is 1. The Hall–Kier alpha value is -2.64. The van der Waals surface area contributed by atoms with Gasteiger partial charge in [0.25, 0.3) is 0 Å². The van der Waals surface area contributed by atoms with E-state index in [0.717, 1.165) is 24.3 Å². The van der Waals surface area contributed by atoms with E-state index in [4.69, 9.17) is 33.2 Å². The number of esters is 3. The van der Waals surface area contributed by atoms with Crippen molar-refractivity contribution in [3.8, 4) is 0 Å². The molecule has 12 nitrogen and oxygen atoms in total. The van der Waals surface area contributed by atoms with Crippen molar-refractivity contribution in [1.29, 1.82) is 0 Å². The van der Waals surface area contributed by atoms with Crippen LogP contribution in [0.3, 0.4) is 0 Å². The fourth-order valence-electron chi connectivity index (χ4n) is 4.06. The Morgan fingerprint density at radius 1 is 0.636 bits per heavy atom. The highest BCUT2D eigenvalue weighted by Gasteiger charge is 2.51. The van der Waals surface area contributed by atoms with Gasteiger partial charge in [-0.2, -0.15) is 0 Å². The van der Waals surface area contributed by atoms with E-state index in [1.54, 1.807) is 0 Å². The molecule has 0 radical (unpaired) electrons. The van der Waals surface area contributed by atoms with Gasteiger partial charge in [0.05, 0.1) is 26.4 Å². The number of aliphatic hydroxyl groups is 1. The van der Waals surface area contributed by atoms with E-state index in [0.29, 0.717) is 0 Å². The fraction of sp³-hybridized carbons (Fsp3) is 0.619. The van der Waals surface area contributed by atoms with E-state index in [-0.39, 0.29) is 32.2 Å². The largest absolute Gasteiger partial charge is 0.454 e. The summed E-state index contributed by atoms with van der Waals surface area (Å²) >= 11 is 0. The molecule has 4 aliphatic heterocycles. The molecule has 0 aromatic carbocycles. The summed E-state index contributed by atoms with van der Waals surface area (Å²) in [7, 11) is 0. The highest BCUT2D eigenvalue weighted by atomic mass is 16.7. The van der Waals surface area contributed by atoms with Crippen LogP contribution in [0.15, 0.2) is 24.3 Å². The van der Waals surface area contributed by atoms with Crippen LogP contribution in [-0.4, -0.2) is 104 Å². The first kappa shape index (κ1) is 23.5. The SMILES string of the molecule is CC(=O)/C=C/C(=O)O[C@@H]1CO[C@H]2[C@@H]1OC[C@H]2OC(=O)/C=C/C(=O)O[C@@H]1CO[C@H]2[C@@H]1OC[C@H]2O. The summed E-state index contributed by atoms with van der Waals surface area (Å²) in [6.07, 6.45) is -1.28. The Kier molecular flexibility index (Phi) is 7.20. The lowest BCUT2D eigenvalue weighted by Gasteiger charge is -2.16. The third kappa shape index (κ3) is 5.47. The maximum atomic E-state index is 12.1. The zero-order valence-electron chi connectivity index (χ0n) is 17.7. The molecule has 0 unspecified atom stereocenters. The van der Waals surface area contributed by atoms with Crippen molar-refractivity contribution < 1.29 is 57.4 Å². The monoisotopic (exact) mass is 468 g/mol. The van der Waals surface area contributed by atoms with Crippen LogP contribution in [0.1, 0.15) is 6.92 Å². The molecule has 1 N–H and O–H groups in total. The Balaban J connectivity index is 1.22. The van der Waals surface area contributed by atoms with Crippen LogP contribution >= 0.6 is 0 Å². The second-order valence-corrected chi connectivity index (χ2v) is 7.96. The smallest absolute Gasteiger partial charge is 0.331 e. The van der Waals surface area contributed by atoms with Crippen LogP contribution in [-0.2, 0) is 52.3 Å². The minimum Gasteiger partial charge on any atom is -0.454 e. The molecule has 4 saturated heterocycles. The molecule has 4 heterocycles. The number of carbonyl (C=O) groups is 4. The molecule has 33 heavy (non-hydrogen) atoms. The van der Waals surface area contributed by atoms with Crippen molar-refractivity contribution in [3.63, 3.8) is 0 Å². The average molecular weight is 468 g/mol. The Morgan fingerprint density at radius 2 is 1.00 bits per heavy atom. The second-order valence-electron chi connectivity index (χ2n) is 7.96. The molecule has 0 aliphatic carbocycles. The molecule has 8 atom stereocenters. The highest BCUT2D eigenvalue weighted by Crippen LogP contribution is 2.31. The normalized spacial score (nSPS) is 37.3. The van der Waals surface area contributed by atoms with Gasteiger partial charge in [0, 0.05) is 18.2 Å². The van der Waals surface area contributed by atoms with Gasteiger partial charge in [0.1, 0.15) is 30.5 Å². The first-order chi connectivity index (χ1) is 15.8. The van der Waals surface area contributed by atoms with E-state index < -0.39 is 66.7 Å². The molecule has 0 amide bonds. The lowest BCUT2D eigenvalue weighted by Crippen LogP contribution is -2.35. The van der Waals surface area contributed by atoms with Crippen LogP contribution in [0.5, 0.6) is 0 Å². The van der Waals surface area contributed by atoms with Crippen molar-refractivity contribution in [2.75, 3.05) is 26.4 Å². The summed E-state index contributed by atoms with van der Waals surface area (Å²) in [4.78, 5) is 46.8. The standard InChI is InChI=1S/C21H24O12/c1-10(22)2-3-15(24)32-13-8-29-21-14(9-30-20(13)21)33-17(26)5-4-16(25)31-12-7-28-18-11(23)6-27-19(12)18/h2-5,11-14,18-21,23H,6-9H2,1H3/b3-2+,5-4+/t11-,12-,13-,14-,18-,19-,20-,21-/m1/s1. The number of hydrogen-bond donors (Lipinski definition) is 1. The molecule has 4 aliphatic rings. The lowest BCUT2D eigenvalue weighted by molar-refractivity contribution is -0.151. The molecule has 180 valence electrons. The van der Waals surface area contributed by atoms with Crippen molar-refractivity contribution in [1.82, 2.24) is 0 Å². The summed E-state index contributed by atoms with van der Waals surface area (Å²) in [6.45, 7) is 1.58. The summed E-state index contributed by atoms with van der Waals surface area (Å²) in [5.74, 6) is -2.58. The van der Waals surface area contributed by atoms with E-state index >= 15 is 0 Å². The van der Waals surface area contributed by atoms with E-state index in [9.17, 15) is 24.3 Å². The van der Waals surface area contributed by atoms with Crippen LogP contribution in [0.4, 0.5) is 0 Å². The van der Waals surface area contributed by atoms with Gasteiger partial charge in [0.15, 0.2) is 24.1 Å². The molecule has 0 spiro atoms. The van der Waals surface area contributed by atoms with Crippen LogP contribution in [0.2, 0.25) is 0 Å². The Labute approximate surface area is 188 Å². The van der Waals surface area contributed by atoms with Crippen molar-refractivity contribution in [2.24, 2.45) is 0 Å². The molecule has 4 rings (SSSR count). The van der Waals surface area contributed by atoms with Gasteiger partial charge in [0.2, 0.25) is 0 Å². The molecule has 0 aromatic heterocycles. The third-order valence-electron chi connectivity index (χ3n) is 5.56. The summed E-state index contributed by atoms with van der Waals surface area (Å²) in [6, 6.07) is 0. The van der Waals surface area contributed by atoms with Gasteiger partial charge in [-0.15, -0.1) is 0 Å². The number of ether oxygens (including phenoxy) is 7. The van der Waals surface area contributed by atoms with Crippen molar-refractivity contribution >= 4 is 23.7 Å². The highest BCUT2D eigenvalue weighted by molar-refractivity contribution is 5.94. The van der Waals surface area contributed by atoms with Gasteiger partial charge in [-0.1, -0.05) is 0 Å². The number of aliphatic hydroxyl groups excluding tert-OH is 1. The molecule has 0 aromatic rings. The van der Waals surface area contributed by atoms with Crippen molar-refractivity contribution in [2.45, 2.75) is 55.8 Å². The molecular weight excluding hydrogens is 444 g/mol. The van der Waals surface area contributed by atoms with Gasteiger partial charge >= 0.3 is 17.9 Å². The van der Waals surface area contributed by atoms with Crippen LogP contribution < -0.4 is 0 Å². The maximum Gasteiger partial charge on any atom is 0.331 e. The third-order valence-corrected chi connectivity index (χ3v) is 5.56. The molecule has 0 saturated carbocycles. The van der Waals surface area contributed by atoms with Crippen molar-refractivity contribution in [3.05, 3.63) is 24.3 Å². The van der Waals surface area contributed by atoms with E-state index in [2.05, 4.69) is 0 Å². The number of fused-ring (bicyclic) bond motifs is 2. The Morgan fingerprint density at radius 3 is 1.45 bits per heavy atom. The quantitative estimate of drug-likeness (QED) is 0.259. The topological polar surface area (TPSA) is 153 Å². The fourth-order valence-corrected chi connectivity index (χ4v) is 4.06. The zero-order chi connectivity index (χ0) is 23.5. The molecule has 12 heteroatoms.